The lowest BCUT2D eigenvalue weighted by Crippen LogP contribution is -2.48. The van der Waals surface area contributed by atoms with Crippen LogP contribution in [0.1, 0.15) is 38.2 Å². The molecule has 1 aliphatic rings. The van der Waals surface area contributed by atoms with Crippen molar-refractivity contribution in [3.63, 3.8) is 0 Å². The Balaban J connectivity index is 1.64. The van der Waals surface area contributed by atoms with Crippen molar-refractivity contribution in [2.24, 2.45) is 0 Å². The molecule has 8 heteroatoms. The molecule has 0 amide bonds. The molecule has 1 atom stereocenters. The number of aromatic nitrogens is 4. The SMILES string of the molecule is COc1ccccc1N1CCN([C@H](c2ccc(N(C)C)cc2)c2nnnn2C(C)(C)C)CC1. The molecule has 0 saturated carbocycles. The minimum atomic E-state index is -0.208. The van der Waals surface area contributed by atoms with E-state index in [1.165, 1.54) is 11.3 Å². The molecule has 0 spiro atoms. The molecule has 33 heavy (non-hydrogen) atoms. The molecule has 2 aromatic carbocycles. The van der Waals surface area contributed by atoms with E-state index in [-0.39, 0.29) is 11.6 Å². The third-order valence-electron chi connectivity index (χ3n) is 6.20. The lowest BCUT2D eigenvalue weighted by molar-refractivity contribution is 0.191. The highest BCUT2D eigenvalue weighted by Gasteiger charge is 2.33. The number of methoxy groups -OCH3 is 1. The Kier molecular flexibility index (Phi) is 6.56. The van der Waals surface area contributed by atoms with E-state index in [1.54, 1.807) is 7.11 Å². The molecule has 0 radical (unpaired) electrons. The Labute approximate surface area is 196 Å². The summed E-state index contributed by atoms with van der Waals surface area (Å²) in [6.45, 7) is 10.0. The van der Waals surface area contributed by atoms with Crippen molar-refractivity contribution in [3.05, 3.63) is 59.9 Å². The molecule has 1 aliphatic heterocycles. The monoisotopic (exact) mass is 449 g/mol. The molecule has 1 aromatic heterocycles. The maximum Gasteiger partial charge on any atom is 0.173 e. The summed E-state index contributed by atoms with van der Waals surface area (Å²) in [6.07, 6.45) is 0. The van der Waals surface area contributed by atoms with Gasteiger partial charge in [-0.3, -0.25) is 4.90 Å². The number of benzene rings is 2. The number of anilines is 2. The number of tetrazole rings is 1. The zero-order chi connectivity index (χ0) is 23.6. The van der Waals surface area contributed by atoms with Gasteiger partial charge < -0.3 is 14.5 Å². The zero-order valence-electron chi connectivity index (χ0n) is 20.6. The first-order chi connectivity index (χ1) is 15.8. The predicted molar refractivity (Wildman–Crippen MR) is 132 cm³/mol. The second kappa shape index (κ2) is 9.39. The fraction of sp³-hybridized carbons (Fsp3) is 0.480. The average molecular weight is 450 g/mol. The van der Waals surface area contributed by atoms with Gasteiger partial charge in [0.15, 0.2) is 5.82 Å². The second-order valence-corrected chi connectivity index (χ2v) is 9.70. The molecule has 0 bridgehead atoms. The summed E-state index contributed by atoms with van der Waals surface area (Å²) in [5.74, 6) is 1.80. The zero-order valence-corrected chi connectivity index (χ0v) is 20.6. The number of piperazine rings is 1. The normalized spacial score (nSPS) is 16.0. The first-order valence-corrected chi connectivity index (χ1v) is 11.5. The molecule has 3 aromatic rings. The van der Waals surface area contributed by atoms with Crippen molar-refractivity contribution in [1.29, 1.82) is 0 Å². The van der Waals surface area contributed by atoms with Gasteiger partial charge in [0.1, 0.15) is 5.75 Å². The van der Waals surface area contributed by atoms with Gasteiger partial charge in [0.2, 0.25) is 0 Å². The molecule has 0 aliphatic carbocycles. The van der Waals surface area contributed by atoms with Crippen LogP contribution in [-0.4, -0.2) is 72.5 Å². The molecule has 0 N–H and O–H groups in total. The maximum absolute atomic E-state index is 5.60. The Morgan fingerprint density at radius 3 is 2.21 bits per heavy atom. The summed E-state index contributed by atoms with van der Waals surface area (Å²) in [4.78, 5) is 7.00. The van der Waals surface area contributed by atoms with Crippen molar-refractivity contribution in [3.8, 4) is 5.75 Å². The van der Waals surface area contributed by atoms with Crippen molar-refractivity contribution < 1.29 is 4.74 Å². The number of para-hydroxylation sites is 2. The summed E-state index contributed by atoms with van der Waals surface area (Å²) in [7, 11) is 5.85. The largest absolute Gasteiger partial charge is 0.495 e. The van der Waals surface area contributed by atoms with Crippen LogP contribution in [0.15, 0.2) is 48.5 Å². The van der Waals surface area contributed by atoms with E-state index in [1.807, 2.05) is 16.8 Å². The Bertz CT molecular complexity index is 1050. The van der Waals surface area contributed by atoms with Crippen LogP contribution in [0.25, 0.3) is 0 Å². The standard InChI is InChI=1S/C25H35N7O/c1-25(2,3)32-24(26-27-28-32)23(19-11-13-20(14-12-19)29(4)5)31-17-15-30(16-18-31)21-9-7-8-10-22(21)33-6/h7-14,23H,15-18H2,1-6H3/t23-/m1/s1. The fourth-order valence-corrected chi connectivity index (χ4v) is 4.43. The number of rotatable bonds is 6. The minimum absolute atomic E-state index is 0.0183. The van der Waals surface area contributed by atoms with Crippen LogP contribution >= 0.6 is 0 Å². The molecule has 1 saturated heterocycles. The highest BCUT2D eigenvalue weighted by molar-refractivity contribution is 5.58. The predicted octanol–water partition coefficient (Wildman–Crippen LogP) is 3.41. The molecule has 4 rings (SSSR count). The van der Waals surface area contributed by atoms with Crippen LogP contribution in [0.4, 0.5) is 11.4 Å². The fourth-order valence-electron chi connectivity index (χ4n) is 4.43. The maximum atomic E-state index is 5.60. The van der Waals surface area contributed by atoms with Gasteiger partial charge in [0.05, 0.1) is 24.4 Å². The first kappa shape index (κ1) is 23.0. The number of hydrogen-bond donors (Lipinski definition) is 0. The van der Waals surface area contributed by atoms with E-state index >= 15 is 0 Å². The summed E-state index contributed by atoms with van der Waals surface area (Å²) >= 11 is 0. The van der Waals surface area contributed by atoms with Gasteiger partial charge in [0.25, 0.3) is 0 Å². The smallest absolute Gasteiger partial charge is 0.173 e. The highest BCUT2D eigenvalue weighted by atomic mass is 16.5. The molecule has 0 unspecified atom stereocenters. The summed E-state index contributed by atoms with van der Waals surface area (Å²) < 4.78 is 7.56. The molecular formula is C25H35N7O. The molecule has 2 heterocycles. The van der Waals surface area contributed by atoms with Crippen LogP contribution in [0.2, 0.25) is 0 Å². The Hall–Kier alpha value is -3.13. The summed E-state index contributed by atoms with van der Waals surface area (Å²) in [6, 6.07) is 16.9. The average Bonchev–Trinajstić information content (AvgIpc) is 3.30. The van der Waals surface area contributed by atoms with Crippen molar-refractivity contribution in [2.45, 2.75) is 32.4 Å². The van der Waals surface area contributed by atoms with Crippen LogP contribution < -0.4 is 14.5 Å². The van der Waals surface area contributed by atoms with Gasteiger partial charge in [0, 0.05) is 46.0 Å². The van der Waals surface area contributed by atoms with E-state index < -0.39 is 0 Å². The van der Waals surface area contributed by atoms with Gasteiger partial charge in [-0.2, -0.15) is 0 Å². The third kappa shape index (κ3) is 4.80. The number of ether oxygens (including phenoxy) is 1. The van der Waals surface area contributed by atoms with Gasteiger partial charge >= 0.3 is 0 Å². The van der Waals surface area contributed by atoms with Gasteiger partial charge in [-0.15, -0.1) is 5.10 Å². The number of nitrogens with zero attached hydrogens (tertiary/aromatic N) is 7. The van der Waals surface area contributed by atoms with Crippen molar-refractivity contribution in [1.82, 2.24) is 25.1 Å². The highest BCUT2D eigenvalue weighted by Crippen LogP contribution is 2.34. The van der Waals surface area contributed by atoms with E-state index in [0.29, 0.717) is 0 Å². The third-order valence-corrected chi connectivity index (χ3v) is 6.20. The molecule has 176 valence electrons. The van der Waals surface area contributed by atoms with E-state index in [9.17, 15) is 0 Å². The van der Waals surface area contributed by atoms with E-state index in [4.69, 9.17) is 4.74 Å². The quantitative estimate of drug-likeness (QED) is 0.571. The van der Waals surface area contributed by atoms with Gasteiger partial charge in [-0.1, -0.05) is 24.3 Å². The topological polar surface area (TPSA) is 62.6 Å². The van der Waals surface area contributed by atoms with Gasteiger partial charge in [-0.25, -0.2) is 4.68 Å². The Morgan fingerprint density at radius 1 is 0.939 bits per heavy atom. The minimum Gasteiger partial charge on any atom is -0.495 e. The van der Waals surface area contributed by atoms with Crippen LogP contribution in [0.5, 0.6) is 5.75 Å². The lowest BCUT2D eigenvalue weighted by Gasteiger charge is -2.40. The molecule has 8 nitrogen and oxygen atoms in total. The van der Waals surface area contributed by atoms with Crippen LogP contribution in [0, 0.1) is 0 Å². The lowest BCUT2D eigenvalue weighted by atomic mass is 10.0. The number of hydrogen-bond acceptors (Lipinski definition) is 7. The summed E-state index contributed by atoms with van der Waals surface area (Å²) in [5, 5.41) is 12.9. The molecule has 1 fully saturated rings. The van der Waals surface area contributed by atoms with Crippen LogP contribution in [0.3, 0.4) is 0 Å². The second-order valence-electron chi connectivity index (χ2n) is 9.70. The Morgan fingerprint density at radius 2 is 1.61 bits per heavy atom. The van der Waals surface area contributed by atoms with E-state index in [0.717, 1.165) is 43.4 Å². The van der Waals surface area contributed by atoms with Crippen LogP contribution in [-0.2, 0) is 5.54 Å². The van der Waals surface area contributed by atoms with Gasteiger partial charge in [-0.05, 0) is 61.0 Å². The van der Waals surface area contributed by atoms with Crippen molar-refractivity contribution >= 4 is 11.4 Å². The van der Waals surface area contributed by atoms with E-state index in [2.05, 4.69) is 101 Å². The van der Waals surface area contributed by atoms with Crippen molar-refractivity contribution in [2.75, 3.05) is 57.2 Å². The first-order valence-electron chi connectivity index (χ1n) is 11.5. The molecular weight excluding hydrogens is 414 g/mol. The summed E-state index contributed by atoms with van der Waals surface area (Å²) in [5.41, 5.74) is 3.31.